The van der Waals surface area contributed by atoms with Crippen molar-refractivity contribution in [3.8, 4) is 0 Å². The summed E-state index contributed by atoms with van der Waals surface area (Å²) in [5, 5.41) is 0. The van der Waals surface area contributed by atoms with E-state index >= 15 is 0 Å². The Morgan fingerprint density at radius 2 is 1.83 bits per heavy atom. The van der Waals surface area contributed by atoms with Crippen molar-refractivity contribution in [1.29, 1.82) is 0 Å². The van der Waals surface area contributed by atoms with Crippen LogP contribution in [0.1, 0.15) is 44.2 Å². The fourth-order valence-electron chi connectivity index (χ4n) is 2.51. The second-order valence-corrected chi connectivity index (χ2v) is 6.81. The molecule has 0 saturated heterocycles. The molecule has 6 heteroatoms. The molecule has 0 aliphatic rings. The monoisotopic (exact) mass is 330 g/mol. The van der Waals surface area contributed by atoms with E-state index in [1.165, 1.54) is 12.1 Å². The molecule has 0 fully saturated rings. The number of carbonyl (C=O) groups is 1. The average Bonchev–Trinajstić information content (AvgIpc) is 2.45. The average molecular weight is 330 g/mol. The van der Waals surface area contributed by atoms with E-state index in [1.54, 1.807) is 24.9 Å². The molecule has 1 amide bonds. The molecule has 0 spiro atoms. The molecule has 1 unspecified atom stereocenters. The molecule has 1 aromatic rings. The minimum absolute atomic E-state index is 0.0320. The Morgan fingerprint density at radius 1 is 1.26 bits per heavy atom. The van der Waals surface area contributed by atoms with Gasteiger partial charge in [0.2, 0.25) is 5.91 Å². The molecule has 1 atom stereocenters. The Morgan fingerprint density at radius 3 is 2.35 bits per heavy atom. The molecule has 0 aliphatic heterocycles. The quantitative estimate of drug-likeness (QED) is 0.865. The van der Waals surface area contributed by atoms with Crippen molar-refractivity contribution in [3.05, 3.63) is 35.4 Å². The summed E-state index contributed by atoms with van der Waals surface area (Å²) in [6.45, 7) is 6.43. The largest absolute Gasteiger partial charge is 0.416 e. The number of benzene rings is 1. The molecule has 2 N–H and O–H groups in total. The lowest BCUT2D eigenvalue weighted by atomic mass is 9.91. The number of halogens is 3. The Hall–Kier alpha value is -1.56. The van der Waals surface area contributed by atoms with E-state index < -0.39 is 17.7 Å². The predicted octanol–water partition coefficient (Wildman–Crippen LogP) is 3.64. The molecule has 130 valence electrons. The Kier molecular flexibility index (Phi) is 6.22. The summed E-state index contributed by atoms with van der Waals surface area (Å²) in [4.78, 5) is 13.8. The van der Waals surface area contributed by atoms with E-state index in [2.05, 4.69) is 0 Å². The third-order valence-electron chi connectivity index (χ3n) is 3.92. The molecule has 0 saturated carbocycles. The third-order valence-corrected chi connectivity index (χ3v) is 3.92. The van der Waals surface area contributed by atoms with Crippen LogP contribution in [0, 0.1) is 5.41 Å². The Balaban J connectivity index is 2.84. The van der Waals surface area contributed by atoms with Crippen molar-refractivity contribution in [3.63, 3.8) is 0 Å². The van der Waals surface area contributed by atoms with Crippen LogP contribution in [0.4, 0.5) is 13.2 Å². The summed E-state index contributed by atoms with van der Waals surface area (Å²) in [5.41, 5.74) is 4.90. The van der Waals surface area contributed by atoms with E-state index in [1.807, 2.05) is 13.8 Å². The molecule has 0 aromatic heterocycles. The number of rotatable bonds is 6. The van der Waals surface area contributed by atoms with Crippen LogP contribution >= 0.6 is 0 Å². The van der Waals surface area contributed by atoms with Crippen molar-refractivity contribution in [2.24, 2.45) is 11.1 Å². The minimum Gasteiger partial charge on any atom is -0.345 e. The second-order valence-electron chi connectivity index (χ2n) is 6.81. The standard InChI is InChI=1S/C17H25F3N2O/c1-12(9-15(23)22(4)11-16(2,3)10-21)13-7-5-6-8-14(13)17(18,19)20/h5-8,12H,9-11,21H2,1-4H3. The normalized spacial score (nSPS) is 13.7. The molecule has 3 nitrogen and oxygen atoms in total. The van der Waals surface area contributed by atoms with Gasteiger partial charge in [0, 0.05) is 20.0 Å². The van der Waals surface area contributed by atoms with Gasteiger partial charge in [0.1, 0.15) is 0 Å². The minimum atomic E-state index is -4.42. The lowest BCUT2D eigenvalue weighted by Crippen LogP contribution is -2.40. The fraction of sp³-hybridized carbons (Fsp3) is 0.588. The van der Waals surface area contributed by atoms with E-state index in [9.17, 15) is 18.0 Å². The molecule has 1 rings (SSSR count). The van der Waals surface area contributed by atoms with Crippen molar-refractivity contribution in [2.75, 3.05) is 20.1 Å². The first-order valence-electron chi connectivity index (χ1n) is 7.58. The first-order valence-corrected chi connectivity index (χ1v) is 7.58. The van der Waals surface area contributed by atoms with Gasteiger partial charge >= 0.3 is 6.18 Å². The van der Waals surface area contributed by atoms with E-state index in [0.29, 0.717) is 13.1 Å². The smallest absolute Gasteiger partial charge is 0.345 e. The number of hydrogen-bond acceptors (Lipinski definition) is 2. The predicted molar refractivity (Wildman–Crippen MR) is 84.9 cm³/mol. The van der Waals surface area contributed by atoms with Gasteiger partial charge in [0.05, 0.1) is 5.56 Å². The van der Waals surface area contributed by atoms with Gasteiger partial charge in [-0.3, -0.25) is 4.79 Å². The number of nitrogens with zero attached hydrogens (tertiary/aromatic N) is 1. The van der Waals surface area contributed by atoms with Crippen LogP contribution in [0.3, 0.4) is 0 Å². The highest BCUT2D eigenvalue weighted by Crippen LogP contribution is 2.36. The van der Waals surface area contributed by atoms with Gasteiger partial charge in [-0.25, -0.2) is 0 Å². The topological polar surface area (TPSA) is 46.3 Å². The first kappa shape index (κ1) is 19.5. The molecule has 0 bridgehead atoms. The van der Waals surface area contributed by atoms with E-state index in [-0.39, 0.29) is 23.3 Å². The van der Waals surface area contributed by atoms with Crippen LogP contribution in [0.2, 0.25) is 0 Å². The fourth-order valence-corrected chi connectivity index (χ4v) is 2.51. The van der Waals surface area contributed by atoms with E-state index in [4.69, 9.17) is 5.73 Å². The van der Waals surface area contributed by atoms with E-state index in [0.717, 1.165) is 6.07 Å². The molecular weight excluding hydrogens is 305 g/mol. The summed E-state index contributed by atoms with van der Waals surface area (Å²) in [6.07, 6.45) is -4.38. The van der Waals surface area contributed by atoms with Gasteiger partial charge in [-0.2, -0.15) is 13.2 Å². The highest BCUT2D eigenvalue weighted by atomic mass is 19.4. The zero-order chi connectivity index (χ0) is 17.8. The lowest BCUT2D eigenvalue weighted by Gasteiger charge is -2.30. The Labute approximate surface area is 135 Å². The molecule has 0 heterocycles. The van der Waals surface area contributed by atoms with Gasteiger partial charge in [-0.05, 0) is 29.5 Å². The van der Waals surface area contributed by atoms with Crippen LogP contribution in [0.15, 0.2) is 24.3 Å². The summed E-state index contributed by atoms with van der Waals surface area (Å²) >= 11 is 0. The number of carbonyl (C=O) groups excluding carboxylic acids is 1. The number of hydrogen-bond donors (Lipinski definition) is 1. The van der Waals surface area contributed by atoms with Gasteiger partial charge in [-0.15, -0.1) is 0 Å². The van der Waals surface area contributed by atoms with Crippen LogP contribution in [-0.2, 0) is 11.0 Å². The van der Waals surface area contributed by atoms with Gasteiger partial charge < -0.3 is 10.6 Å². The maximum absolute atomic E-state index is 13.1. The highest BCUT2D eigenvalue weighted by molar-refractivity contribution is 5.77. The van der Waals surface area contributed by atoms with Crippen LogP contribution in [0.5, 0.6) is 0 Å². The van der Waals surface area contributed by atoms with Crippen LogP contribution < -0.4 is 5.73 Å². The Bertz CT molecular complexity index is 541. The van der Waals surface area contributed by atoms with Gasteiger partial charge in [-0.1, -0.05) is 39.0 Å². The van der Waals surface area contributed by atoms with Crippen molar-refractivity contribution < 1.29 is 18.0 Å². The third kappa shape index (κ3) is 5.53. The highest BCUT2D eigenvalue weighted by Gasteiger charge is 2.34. The van der Waals surface area contributed by atoms with Crippen molar-refractivity contribution >= 4 is 5.91 Å². The number of alkyl halides is 3. The van der Waals surface area contributed by atoms with Gasteiger partial charge in [0.15, 0.2) is 0 Å². The maximum atomic E-state index is 13.1. The molecule has 23 heavy (non-hydrogen) atoms. The first-order chi connectivity index (χ1) is 10.5. The summed E-state index contributed by atoms with van der Waals surface area (Å²) in [5.74, 6) is -0.695. The number of amides is 1. The SMILES string of the molecule is CC(CC(=O)N(C)CC(C)(C)CN)c1ccccc1C(F)(F)F. The van der Waals surface area contributed by atoms with Gasteiger partial charge in [0.25, 0.3) is 0 Å². The van der Waals surface area contributed by atoms with Crippen LogP contribution in [0.25, 0.3) is 0 Å². The molecule has 1 aromatic carbocycles. The summed E-state index contributed by atoms with van der Waals surface area (Å²) in [6, 6.07) is 5.41. The summed E-state index contributed by atoms with van der Waals surface area (Å²) in [7, 11) is 1.65. The zero-order valence-corrected chi connectivity index (χ0v) is 14.1. The van der Waals surface area contributed by atoms with Crippen molar-refractivity contribution in [2.45, 2.75) is 39.3 Å². The maximum Gasteiger partial charge on any atom is 0.416 e. The molecule has 0 aliphatic carbocycles. The summed E-state index contributed by atoms with van der Waals surface area (Å²) < 4.78 is 39.2. The second kappa shape index (κ2) is 7.34. The zero-order valence-electron chi connectivity index (χ0n) is 14.1. The number of nitrogens with two attached hydrogens (primary N) is 1. The molecule has 0 radical (unpaired) electrons. The van der Waals surface area contributed by atoms with Crippen LogP contribution in [-0.4, -0.2) is 30.9 Å². The van der Waals surface area contributed by atoms with Crippen molar-refractivity contribution in [1.82, 2.24) is 4.90 Å². The molecular formula is C17H25F3N2O. The lowest BCUT2D eigenvalue weighted by molar-refractivity contribution is -0.139.